The van der Waals surface area contributed by atoms with Crippen molar-refractivity contribution in [3.05, 3.63) is 18.0 Å². The van der Waals surface area contributed by atoms with Crippen LogP contribution in [0.1, 0.15) is 31.2 Å². The summed E-state index contributed by atoms with van der Waals surface area (Å²) >= 11 is 0. The van der Waals surface area contributed by atoms with Crippen LogP contribution in [0.25, 0.3) is 0 Å². The van der Waals surface area contributed by atoms with Crippen LogP contribution in [0.4, 0.5) is 0 Å². The van der Waals surface area contributed by atoms with Crippen molar-refractivity contribution in [3.63, 3.8) is 0 Å². The molecule has 25 heavy (non-hydrogen) atoms. The van der Waals surface area contributed by atoms with Gasteiger partial charge >= 0.3 is 0 Å². The minimum Gasteiger partial charge on any atom is -0.356 e. The highest BCUT2D eigenvalue weighted by atomic mass is 32.2. The maximum absolute atomic E-state index is 11.7. The van der Waals surface area contributed by atoms with E-state index in [0.29, 0.717) is 19.0 Å². The van der Waals surface area contributed by atoms with Crippen LogP contribution in [0, 0.1) is 0 Å². The second-order valence-electron chi connectivity index (χ2n) is 6.43. The van der Waals surface area contributed by atoms with E-state index in [0.717, 1.165) is 31.9 Å². The highest BCUT2D eigenvalue weighted by Crippen LogP contribution is 2.26. The summed E-state index contributed by atoms with van der Waals surface area (Å²) in [6.07, 6.45) is 5.85. The molecule has 1 atom stereocenters. The molecule has 1 fully saturated rings. The topological polar surface area (TPSA) is 82.8 Å². The molecule has 1 saturated heterocycles. The first kappa shape index (κ1) is 19.7. The molecule has 1 aliphatic rings. The Labute approximate surface area is 151 Å². The Bertz CT molecular complexity index is 685. The summed E-state index contributed by atoms with van der Waals surface area (Å²) in [5, 5.41) is 7.60. The van der Waals surface area contributed by atoms with Gasteiger partial charge in [0.1, 0.15) is 0 Å². The van der Waals surface area contributed by atoms with Gasteiger partial charge in [0.2, 0.25) is 10.0 Å². The van der Waals surface area contributed by atoms with Gasteiger partial charge in [-0.25, -0.2) is 12.7 Å². The molecule has 142 valence electrons. The molecule has 0 aromatic carbocycles. The summed E-state index contributed by atoms with van der Waals surface area (Å²) < 4.78 is 26.7. The zero-order chi connectivity index (χ0) is 18.4. The highest BCUT2D eigenvalue weighted by Gasteiger charge is 2.26. The van der Waals surface area contributed by atoms with E-state index in [2.05, 4.69) is 26.5 Å². The van der Waals surface area contributed by atoms with Crippen molar-refractivity contribution in [2.45, 2.75) is 25.7 Å². The standard InChI is InChI=1S/C16H30N6O2S/c1-5-25(23,24)21(4)9-6-8-18-16(17-2)22-10-7-14(13-22)15-11-19-20(3)12-15/h11-12,14H,5-10,13H2,1-4H3,(H,17,18). The predicted octanol–water partition coefficient (Wildman–Crippen LogP) is 0.456. The van der Waals surface area contributed by atoms with Gasteiger partial charge in [0.25, 0.3) is 0 Å². The first-order valence-corrected chi connectivity index (χ1v) is 10.4. The van der Waals surface area contributed by atoms with Crippen LogP contribution >= 0.6 is 0 Å². The molecular weight excluding hydrogens is 340 g/mol. The molecule has 1 N–H and O–H groups in total. The second kappa shape index (κ2) is 8.66. The van der Waals surface area contributed by atoms with Crippen molar-refractivity contribution in [2.75, 3.05) is 46.0 Å². The summed E-state index contributed by atoms with van der Waals surface area (Å²) in [6.45, 7) is 4.76. The Kier molecular flexibility index (Phi) is 6.83. The summed E-state index contributed by atoms with van der Waals surface area (Å²) in [5.74, 6) is 1.50. The molecule has 0 radical (unpaired) electrons. The lowest BCUT2D eigenvalue weighted by molar-refractivity contribution is 0.452. The fourth-order valence-electron chi connectivity index (χ4n) is 3.07. The number of guanidine groups is 1. The molecule has 0 aliphatic carbocycles. The zero-order valence-corrected chi connectivity index (χ0v) is 16.5. The van der Waals surface area contributed by atoms with Crippen LogP contribution in [0.3, 0.4) is 0 Å². The quantitative estimate of drug-likeness (QED) is 0.428. The third-order valence-corrected chi connectivity index (χ3v) is 6.53. The van der Waals surface area contributed by atoms with Gasteiger partial charge in [0.05, 0.1) is 11.9 Å². The van der Waals surface area contributed by atoms with Crippen molar-refractivity contribution in [3.8, 4) is 0 Å². The number of sulfonamides is 1. The fourth-order valence-corrected chi connectivity index (χ4v) is 3.92. The third kappa shape index (κ3) is 5.18. The Morgan fingerprint density at radius 2 is 2.28 bits per heavy atom. The number of aliphatic imine (C=N–C) groups is 1. The molecule has 0 bridgehead atoms. The molecule has 1 aromatic heterocycles. The van der Waals surface area contributed by atoms with E-state index in [1.807, 2.05) is 17.9 Å². The lowest BCUT2D eigenvalue weighted by Gasteiger charge is -2.22. The molecule has 1 unspecified atom stereocenters. The van der Waals surface area contributed by atoms with Gasteiger partial charge in [-0.05, 0) is 25.3 Å². The van der Waals surface area contributed by atoms with Crippen LogP contribution < -0.4 is 5.32 Å². The average Bonchev–Trinajstić information content (AvgIpc) is 3.23. The Balaban J connectivity index is 1.78. The molecule has 8 nitrogen and oxygen atoms in total. The third-order valence-electron chi connectivity index (χ3n) is 4.67. The Morgan fingerprint density at radius 3 is 2.88 bits per heavy atom. The lowest BCUT2D eigenvalue weighted by Crippen LogP contribution is -2.41. The second-order valence-corrected chi connectivity index (χ2v) is 8.79. The summed E-state index contributed by atoms with van der Waals surface area (Å²) in [6, 6.07) is 0. The van der Waals surface area contributed by atoms with E-state index in [1.54, 1.807) is 21.0 Å². The number of nitrogens with one attached hydrogen (secondary N) is 1. The van der Waals surface area contributed by atoms with Gasteiger partial charge in [-0.15, -0.1) is 0 Å². The van der Waals surface area contributed by atoms with E-state index in [-0.39, 0.29) is 5.75 Å². The van der Waals surface area contributed by atoms with E-state index < -0.39 is 10.0 Å². The van der Waals surface area contributed by atoms with Crippen LogP contribution in [0.5, 0.6) is 0 Å². The molecule has 0 spiro atoms. The number of aryl methyl sites for hydroxylation is 1. The van der Waals surface area contributed by atoms with Crippen LogP contribution in [-0.2, 0) is 17.1 Å². The summed E-state index contributed by atoms with van der Waals surface area (Å²) in [4.78, 5) is 6.62. The average molecular weight is 371 g/mol. The number of likely N-dealkylation sites (tertiary alicyclic amines) is 1. The van der Waals surface area contributed by atoms with Crippen molar-refractivity contribution >= 4 is 16.0 Å². The summed E-state index contributed by atoms with van der Waals surface area (Å²) in [7, 11) is 2.25. The normalized spacial score (nSPS) is 19.0. The minimum absolute atomic E-state index is 0.141. The van der Waals surface area contributed by atoms with Crippen molar-refractivity contribution in [1.29, 1.82) is 0 Å². The maximum atomic E-state index is 11.7. The number of aromatic nitrogens is 2. The first-order valence-electron chi connectivity index (χ1n) is 8.75. The SMILES string of the molecule is CCS(=O)(=O)N(C)CCCNC(=NC)N1CCC(c2cnn(C)c2)C1. The molecular formula is C16H30N6O2S. The van der Waals surface area contributed by atoms with Gasteiger partial charge < -0.3 is 10.2 Å². The van der Waals surface area contributed by atoms with Gasteiger partial charge in [-0.1, -0.05) is 0 Å². The molecule has 9 heteroatoms. The van der Waals surface area contributed by atoms with E-state index in [9.17, 15) is 8.42 Å². The maximum Gasteiger partial charge on any atom is 0.213 e. The Hall–Kier alpha value is -1.61. The minimum atomic E-state index is -3.10. The molecule has 0 amide bonds. The molecule has 1 aliphatic heterocycles. The van der Waals surface area contributed by atoms with Crippen LogP contribution in [0.15, 0.2) is 17.4 Å². The Morgan fingerprint density at radius 1 is 1.52 bits per heavy atom. The van der Waals surface area contributed by atoms with Crippen LogP contribution in [0.2, 0.25) is 0 Å². The summed E-state index contributed by atoms with van der Waals surface area (Å²) in [5.41, 5.74) is 1.27. The van der Waals surface area contributed by atoms with Crippen LogP contribution in [-0.4, -0.2) is 79.4 Å². The number of rotatable bonds is 7. The molecule has 2 rings (SSSR count). The van der Waals surface area contributed by atoms with Crippen molar-refractivity contribution in [2.24, 2.45) is 12.0 Å². The molecule has 0 saturated carbocycles. The van der Waals surface area contributed by atoms with Gasteiger partial charge in [0, 0.05) is 59.4 Å². The van der Waals surface area contributed by atoms with Gasteiger partial charge in [-0.2, -0.15) is 5.10 Å². The van der Waals surface area contributed by atoms with E-state index >= 15 is 0 Å². The number of hydrogen-bond acceptors (Lipinski definition) is 4. The van der Waals surface area contributed by atoms with Gasteiger partial charge in [0.15, 0.2) is 5.96 Å². The van der Waals surface area contributed by atoms with Gasteiger partial charge in [-0.3, -0.25) is 9.67 Å². The number of hydrogen-bond donors (Lipinski definition) is 1. The van der Waals surface area contributed by atoms with E-state index in [4.69, 9.17) is 0 Å². The fraction of sp³-hybridized carbons (Fsp3) is 0.750. The monoisotopic (exact) mass is 370 g/mol. The first-order chi connectivity index (χ1) is 11.9. The van der Waals surface area contributed by atoms with E-state index in [1.165, 1.54) is 9.87 Å². The lowest BCUT2D eigenvalue weighted by atomic mass is 10.0. The predicted molar refractivity (Wildman–Crippen MR) is 100 cm³/mol. The van der Waals surface area contributed by atoms with Crippen molar-refractivity contribution < 1.29 is 8.42 Å². The largest absolute Gasteiger partial charge is 0.356 e. The molecule has 1 aromatic rings. The number of nitrogens with zero attached hydrogens (tertiary/aromatic N) is 5. The highest BCUT2D eigenvalue weighted by molar-refractivity contribution is 7.89. The smallest absolute Gasteiger partial charge is 0.213 e. The van der Waals surface area contributed by atoms with Crippen molar-refractivity contribution in [1.82, 2.24) is 24.3 Å². The molecule has 2 heterocycles. The zero-order valence-electron chi connectivity index (χ0n) is 15.6.